The predicted octanol–water partition coefficient (Wildman–Crippen LogP) is 3.70. The van der Waals surface area contributed by atoms with Crippen molar-refractivity contribution in [2.45, 2.75) is 37.8 Å². The highest BCUT2D eigenvalue weighted by atomic mass is 127. The van der Waals surface area contributed by atoms with Crippen molar-refractivity contribution in [3.8, 4) is 0 Å². The maximum atomic E-state index is 2.61. The largest absolute Gasteiger partial charge is 0.371 e. The van der Waals surface area contributed by atoms with Gasteiger partial charge in [-0.25, -0.2) is 3.11 Å². The molecular weight excluding hydrogens is 373 g/mol. The number of hydrogen-bond donors (Lipinski definition) is 0. The van der Waals surface area contributed by atoms with Gasteiger partial charge in [-0.15, -0.1) is 0 Å². The Hall–Kier alpha value is -0.330. The fourth-order valence-electron chi connectivity index (χ4n) is 3.72. The third-order valence-corrected chi connectivity index (χ3v) is 6.17. The minimum absolute atomic E-state index is 0.605. The summed E-state index contributed by atoms with van der Waals surface area (Å²) in [5, 5.41) is 0. The van der Waals surface area contributed by atoms with Crippen molar-refractivity contribution in [2.24, 2.45) is 0 Å². The lowest BCUT2D eigenvalue weighted by atomic mass is 9.99. The van der Waals surface area contributed by atoms with Crippen LogP contribution in [0.5, 0.6) is 0 Å². The summed E-state index contributed by atoms with van der Waals surface area (Å²) in [6, 6.07) is 10.4. The van der Waals surface area contributed by atoms with Gasteiger partial charge in [-0.05, 0) is 51.4 Å². The van der Waals surface area contributed by atoms with Gasteiger partial charge in [0.05, 0.1) is 0 Å². The monoisotopic (exact) mass is 399 g/mol. The Morgan fingerprint density at radius 1 is 1.05 bits per heavy atom. The summed E-state index contributed by atoms with van der Waals surface area (Å²) in [7, 11) is 4.42. The zero-order chi connectivity index (χ0) is 14.8. The van der Waals surface area contributed by atoms with Crippen molar-refractivity contribution in [3.63, 3.8) is 0 Å². The molecule has 116 valence electrons. The van der Waals surface area contributed by atoms with Crippen LogP contribution in [0.15, 0.2) is 24.3 Å². The van der Waals surface area contributed by atoms with Crippen molar-refractivity contribution in [3.05, 3.63) is 29.8 Å². The Labute approximate surface area is 142 Å². The summed E-state index contributed by atoms with van der Waals surface area (Å²) < 4.78 is 2.49. The van der Waals surface area contributed by atoms with Crippen molar-refractivity contribution in [1.82, 2.24) is 8.01 Å². The molecule has 0 radical (unpaired) electrons. The van der Waals surface area contributed by atoms with Gasteiger partial charge < -0.3 is 9.80 Å². The minimum Gasteiger partial charge on any atom is -0.371 e. The fourth-order valence-corrected chi connectivity index (χ4v) is 4.64. The number of hydrogen-bond acceptors (Lipinski definition) is 3. The van der Waals surface area contributed by atoms with E-state index in [-0.39, 0.29) is 0 Å². The molecule has 2 aliphatic heterocycles. The molecule has 1 aromatic carbocycles. The average Bonchev–Trinajstić information content (AvgIpc) is 2.93. The van der Waals surface area contributed by atoms with Crippen LogP contribution in [0.2, 0.25) is 0 Å². The molecule has 2 heterocycles. The van der Waals surface area contributed by atoms with E-state index in [1.54, 1.807) is 0 Å². The molecule has 0 saturated carbocycles. The molecule has 3 rings (SSSR count). The normalized spacial score (nSPS) is 25.0. The molecule has 21 heavy (non-hydrogen) atoms. The molecule has 1 aromatic rings. The van der Waals surface area contributed by atoms with E-state index in [4.69, 9.17) is 0 Å². The van der Waals surface area contributed by atoms with Crippen LogP contribution < -0.4 is 4.90 Å². The first kappa shape index (κ1) is 15.6. The number of nitrogens with zero attached hydrogens (tertiary/aromatic N) is 3. The topological polar surface area (TPSA) is 9.72 Å². The third-order valence-electron chi connectivity index (χ3n) is 5.02. The number of benzene rings is 1. The van der Waals surface area contributed by atoms with E-state index < -0.39 is 0 Å². The highest BCUT2D eigenvalue weighted by Gasteiger charge is 2.28. The lowest BCUT2D eigenvalue weighted by molar-refractivity contribution is 0.249. The first-order valence-electron chi connectivity index (χ1n) is 8.09. The molecule has 2 aliphatic rings. The van der Waals surface area contributed by atoms with E-state index in [0.29, 0.717) is 6.04 Å². The van der Waals surface area contributed by atoms with E-state index in [0.717, 1.165) is 6.04 Å². The smallest absolute Gasteiger partial charge is 0.0464 e. The number of piperidine rings is 1. The Morgan fingerprint density at radius 3 is 2.38 bits per heavy atom. The van der Waals surface area contributed by atoms with Crippen molar-refractivity contribution in [1.29, 1.82) is 0 Å². The van der Waals surface area contributed by atoms with Crippen LogP contribution in [0.4, 0.5) is 5.69 Å². The quantitative estimate of drug-likeness (QED) is 0.567. The summed E-state index contributed by atoms with van der Waals surface area (Å²) in [6.45, 7) is 3.60. The Bertz CT molecular complexity index is 469. The van der Waals surface area contributed by atoms with Gasteiger partial charge in [0.2, 0.25) is 0 Å². The van der Waals surface area contributed by atoms with Crippen LogP contribution in [-0.4, -0.2) is 47.8 Å². The van der Waals surface area contributed by atoms with E-state index >= 15 is 0 Å². The van der Waals surface area contributed by atoms with Crippen LogP contribution in [0, 0.1) is 0 Å². The van der Waals surface area contributed by atoms with Gasteiger partial charge >= 0.3 is 0 Å². The highest BCUT2D eigenvalue weighted by molar-refractivity contribution is 14.1. The number of halogens is 1. The average molecular weight is 399 g/mol. The fraction of sp³-hybridized carbons (Fsp3) is 0.647. The molecule has 1 atom stereocenters. The van der Waals surface area contributed by atoms with Crippen molar-refractivity contribution in [2.75, 3.05) is 38.6 Å². The van der Waals surface area contributed by atoms with Gasteiger partial charge in [0.15, 0.2) is 0 Å². The highest BCUT2D eigenvalue weighted by Crippen LogP contribution is 2.39. The summed E-state index contributed by atoms with van der Waals surface area (Å²) >= 11 is 2.51. The SMILES string of the molecule is CN(C)C1CCN(c2ccccc2C2CCCN2I)CC1. The molecule has 0 N–H and O–H groups in total. The maximum absolute atomic E-state index is 2.61. The summed E-state index contributed by atoms with van der Waals surface area (Å²) in [5.74, 6) is 0. The lowest BCUT2D eigenvalue weighted by Gasteiger charge is -2.38. The second kappa shape index (κ2) is 6.84. The summed E-state index contributed by atoms with van der Waals surface area (Å²) in [5.41, 5.74) is 3.01. The van der Waals surface area contributed by atoms with Crippen LogP contribution in [0.1, 0.15) is 37.3 Å². The van der Waals surface area contributed by atoms with Gasteiger partial charge in [0.1, 0.15) is 0 Å². The molecule has 3 nitrogen and oxygen atoms in total. The minimum atomic E-state index is 0.605. The maximum Gasteiger partial charge on any atom is 0.0464 e. The van der Waals surface area contributed by atoms with Crippen LogP contribution in [0.25, 0.3) is 0 Å². The molecule has 0 aromatic heterocycles. The van der Waals surface area contributed by atoms with Crippen LogP contribution >= 0.6 is 22.9 Å². The van der Waals surface area contributed by atoms with E-state index in [1.807, 2.05) is 0 Å². The Kier molecular flexibility index (Phi) is 5.07. The molecule has 4 heteroatoms. The van der Waals surface area contributed by atoms with Gasteiger partial charge in [0, 0.05) is 60.3 Å². The standard InChI is InChI=1S/C17H26IN3/c1-19(2)14-9-12-20(13-10-14)16-7-4-3-6-15(16)17-8-5-11-21(17)18/h3-4,6-7,14,17H,5,8-13H2,1-2H3. The van der Waals surface area contributed by atoms with Gasteiger partial charge in [0.25, 0.3) is 0 Å². The predicted molar refractivity (Wildman–Crippen MR) is 98.1 cm³/mol. The molecular formula is C17H26IN3. The van der Waals surface area contributed by atoms with E-state index in [9.17, 15) is 0 Å². The van der Waals surface area contributed by atoms with Crippen molar-refractivity contribution >= 4 is 28.6 Å². The summed E-state index contributed by atoms with van der Waals surface area (Å²) in [4.78, 5) is 4.99. The van der Waals surface area contributed by atoms with Gasteiger partial charge in [-0.3, -0.25) is 0 Å². The van der Waals surface area contributed by atoms with Crippen LogP contribution in [-0.2, 0) is 0 Å². The van der Waals surface area contributed by atoms with E-state index in [2.05, 4.69) is 74.1 Å². The molecule has 0 aliphatic carbocycles. The van der Waals surface area contributed by atoms with Crippen molar-refractivity contribution < 1.29 is 0 Å². The Balaban J connectivity index is 1.77. The van der Waals surface area contributed by atoms with Gasteiger partial charge in [-0.2, -0.15) is 0 Å². The Morgan fingerprint density at radius 2 is 1.76 bits per heavy atom. The molecule has 0 amide bonds. The molecule has 0 spiro atoms. The molecule has 2 fully saturated rings. The molecule has 0 bridgehead atoms. The number of anilines is 1. The van der Waals surface area contributed by atoms with Crippen LogP contribution in [0.3, 0.4) is 0 Å². The lowest BCUT2D eigenvalue weighted by Crippen LogP contribution is -2.42. The third kappa shape index (κ3) is 3.37. The zero-order valence-corrected chi connectivity index (χ0v) is 15.3. The molecule has 2 saturated heterocycles. The zero-order valence-electron chi connectivity index (χ0n) is 13.1. The molecule has 1 unspecified atom stereocenters. The first-order chi connectivity index (χ1) is 10.2. The van der Waals surface area contributed by atoms with Gasteiger partial charge in [-0.1, -0.05) is 18.2 Å². The van der Waals surface area contributed by atoms with E-state index in [1.165, 1.54) is 56.6 Å². The second-order valence-corrected chi connectivity index (χ2v) is 7.76. The summed E-state index contributed by atoms with van der Waals surface area (Å²) in [6.07, 6.45) is 5.18. The second-order valence-electron chi connectivity index (χ2n) is 6.52. The number of rotatable bonds is 3. The number of para-hydroxylation sites is 1. The first-order valence-corrected chi connectivity index (χ1v) is 9.06.